The number of rotatable bonds is 6. The maximum Gasteiger partial charge on any atom is 0.258 e. The lowest BCUT2D eigenvalue weighted by Crippen LogP contribution is -2.24. The van der Waals surface area contributed by atoms with Gasteiger partial charge in [-0.25, -0.2) is 0 Å². The Kier molecular flexibility index (Phi) is 5.40. The molecule has 1 aromatic heterocycles. The van der Waals surface area contributed by atoms with Gasteiger partial charge in [0, 0.05) is 53.9 Å². The van der Waals surface area contributed by atoms with Crippen molar-refractivity contribution in [1.29, 1.82) is 0 Å². The molecule has 2 amide bonds. The fourth-order valence-corrected chi connectivity index (χ4v) is 5.32. The molecule has 0 unspecified atom stereocenters. The Balaban J connectivity index is 1.21. The highest BCUT2D eigenvalue weighted by atomic mass is 16.5. The maximum atomic E-state index is 13.4. The first-order chi connectivity index (χ1) is 17.1. The largest absolute Gasteiger partial charge is 0.493 e. The monoisotopic (exact) mass is 469 g/mol. The fourth-order valence-electron chi connectivity index (χ4n) is 5.32. The molecule has 3 aliphatic rings. The second-order valence-corrected chi connectivity index (χ2v) is 9.44. The molecule has 178 valence electrons. The third-order valence-electron chi connectivity index (χ3n) is 7.19. The Morgan fingerprint density at radius 3 is 2.57 bits per heavy atom. The Bertz CT molecular complexity index is 1320. The van der Waals surface area contributed by atoms with Crippen molar-refractivity contribution in [2.24, 2.45) is 0 Å². The number of fused-ring (bicyclic) bond motifs is 2. The molecule has 0 bridgehead atoms. The van der Waals surface area contributed by atoms with Crippen LogP contribution in [0.2, 0.25) is 0 Å². The summed E-state index contributed by atoms with van der Waals surface area (Å²) in [6.07, 6.45) is 8.05. The SMILES string of the molecule is COc1ccc(N2Cc3ccc(CN4Cc5cnccc5C4=O)cc3C2=O)cc1OC1CCCC1. The summed E-state index contributed by atoms with van der Waals surface area (Å²) in [5.41, 5.74) is 5.04. The number of methoxy groups -OCH3 is 1. The zero-order chi connectivity index (χ0) is 23.9. The van der Waals surface area contributed by atoms with Crippen LogP contribution in [-0.2, 0) is 19.6 Å². The van der Waals surface area contributed by atoms with Crippen LogP contribution in [-0.4, -0.2) is 34.9 Å². The summed E-state index contributed by atoms with van der Waals surface area (Å²) in [7, 11) is 1.63. The highest BCUT2D eigenvalue weighted by Gasteiger charge is 2.31. The third-order valence-corrected chi connectivity index (χ3v) is 7.19. The molecule has 3 aromatic rings. The van der Waals surface area contributed by atoms with Crippen LogP contribution < -0.4 is 14.4 Å². The van der Waals surface area contributed by atoms with Gasteiger partial charge in [0.05, 0.1) is 19.8 Å². The van der Waals surface area contributed by atoms with Crippen LogP contribution in [0.3, 0.4) is 0 Å². The van der Waals surface area contributed by atoms with E-state index in [9.17, 15) is 9.59 Å². The zero-order valence-corrected chi connectivity index (χ0v) is 19.7. The van der Waals surface area contributed by atoms with Gasteiger partial charge in [0.25, 0.3) is 11.8 Å². The Hall–Kier alpha value is -3.87. The van der Waals surface area contributed by atoms with E-state index < -0.39 is 0 Å². The van der Waals surface area contributed by atoms with Crippen LogP contribution in [0.1, 0.15) is 63.1 Å². The molecule has 0 spiro atoms. The van der Waals surface area contributed by atoms with E-state index in [0.717, 1.165) is 35.2 Å². The molecule has 1 aliphatic carbocycles. The molecule has 2 aromatic carbocycles. The van der Waals surface area contributed by atoms with Gasteiger partial charge >= 0.3 is 0 Å². The lowest BCUT2D eigenvalue weighted by atomic mass is 10.1. The number of carbonyl (C=O) groups is 2. The van der Waals surface area contributed by atoms with Gasteiger partial charge < -0.3 is 19.3 Å². The number of nitrogens with zero attached hydrogens (tertiary/aromatic N) is 3. The van der Waals surface area contributed by atoms with Crippen molar-refractivity contribution in [3.63, 3.8) is 0 Å². The molecule has 2 aliphatic heterocycles. The molecular weight excluding hydrogens is 442 g/mol. The second kappa shape index (κ2) is 8.73. The van der Waals surface area contributed by atoms with Crippen LogP contribution in [0, 0.1) is 0 Å². The van der Waals surface area contributed by atoms with Crippen LogP contribution in [0.4, 0.5) is 5.69 Å². The van der Waals surface area contributed by atoms with Gasteiger partial charge in [-0.1, -0.05) is 12.1 Å². The van der Waals surface area contributed by atoms with Gasteiger partial charge in [-0.2, -0.15) is 0 Å². The van der Waals surface area contributed by atoms with Crippen LogP contribution >= 0.6 is 0 Å². The van der Waals surface area contributed by atoms with Gasteiger partial charge in [0.2, 0.25) is 0 Å². The van der Waals surface area contributed by atoms with E-state index in [0.29, 0.717) is 42.3 Å². The van der Waals surface area contributed by atoms with Gasteiger partial charge in [-0.05, 0) is 61.1 Å². The first kappa shape index (κ1) is 21.6. The zero-order valence-electron chi connectivity index (χ0n) is 19.7. The highest BCUT2D eigenvalue weighted by Crippen LogP contribution is 2.38. The summed E-state index contributed by atoms with van der Waals surface area (Å²) in [4.78, 5) is 33.8. The Morgan fingerprint density at radius 2 is 1.77 bits per heavy atom. The predicted molar refractivity (Wildman–Crippen MR) is 131 cm³/mol. The topological polar surface area (TPSA) is 72.0 Å². The second-order valence-electron chi connectivity index (χ2n) is 9.44. The summed E-state index contributed by atoms with van der Waals surface area (Å²) >= 11 is 0. The molecule has 1 saturated carbocycles. The van der Waals surface area contributed by atoms with Crippen LogP contribution in [0.25, 0.3) is 0 Å². The van der Waals surface area contributed by atoms with Gasteiger partial charge in [0.15, 0.2) is 11.5 Å². The van der Waals surface area contributed by atoms with E-state index in [1.807, 2.05) is 36.4 Å². The highest BCUT2D eigenvalue weighted by molar-refractivity contribution is 6.10. The van der Waals surface area contributed by atoms with E-state index in [4.69, 9.17) is 9.47 Å². The van der Waals surface area contributed by atoms with Crippen LogP contribution in [0.15, 0.2) is 54.9 Å². The quantitative estimate of drug-likeness (QED) is 0.522. The molecule has 7 heteroatoms. The summed E-state index contributed by atoms with van der Waals surface area (Å²) in [6, 6.07) is 13.4. The van der Waals surface area contributed by atoms with Gasteiger partial charge in [0.1, 0.15) is 0 Å². The van der Waals surface area contributed by atoms with E-state index in [1.54, 1.807) is 35.4 Å². The molecule has 0 atom stereocenters. The molecule has 0 radical (unpaired) electrons. The van der Waals surface area contributed by atoms with Gasteiger partial charge in [-0.3, -0.25) is 14.6 Å². The molecule has 7 nitrogen and oxygen atoms in total. The minimum atomic E-state index is -0.0425. The van der Waals surface area contributed by atoms with E-state index >= 15 is 0 Å². The number of hydrogen-bond donors (Lipinski definition) is 0. The van der Waals surface area contributed by atoms with Gasteiger partial charge in [-0.15, -0.1) is 0 Å². The molecule has 0 saturated heterocycles. The summed E-state index contributed by atoms with van der Waals surface area (Å²) in [6.45, 7) is 1.49. The first-order valence-electron chi connectivity index (χ1n) is 12.1. The van der Waals surface area contributed by atoms with Crippen molar-refractivity contribution in [2.75, 3.05) is 12.0 Å². The molecule has 6 rings (SSSR count). The van der Waals surface area contributed by atoms with E-state index in [2.05, 4.69) is 4.98 Å². The van der Waals surface area contributed by atoms with E-state index in [-0.39, 0.29) is 17.9 Å². The molecule has 35 heavy (non-hydrogen) atoms. The number of aromatic nitrogens is 1. The van der Waals surface area contributed by atoms with Crippen molar-refractivity contribution in [3.05, 3.63) is 82.7 Å². The van der Waals surface area contributed by atoms with Crippen molar-refractivity contribution < 1.29 is 19.1 Å². The number of anilines is 1. The number of ether oxygens (including phenoxy) is 2. The Morgan fingerprint density at radius 1 is 0.914 bits per heavy atom. The molecule has 0 N–H and O–H groups in total. The third kappa shape index (κ3) is 3.91. The average Bonchev–Trinajstić information content (AvgIpc) is 3.59. The normalized spacial score (nSPS) is 17.2. The van der Waals surface area contributed by atoms with Crippen molar-refractivity contribution in [3.8, 4) is 11.5 Å². The molecular formula is C28H27N3O4. The average molecular weight is 470 g/mol. The fraction of sp³-hybridized carbons (Fsp3) is 0.321. The van der Waals surface area contributed by atoms with Crippen LogP contribution in [0.5, 0.6) is 11.5 Å². The number of pyridine rings is 1. The van der Waals surface area contributed by atoms with Crippen molar-refractivity contribution >= 4 is 17.5 Å². The standard InChI is InChI=1S/C28H27N3O4/c1-34-25-9-8-21(13-26(25)35-22-4-2-3-5-22)31-17-19-7-6-18(12-24(19)28(31)33)15-30-16-20-14-29-11-10-23(20)27(30)32/h6-14,22H,2-5,15-17H2,1H3. The van der Waals surface area contributed by atoms with Crippen molar-refractivity contribution in [2.45, 2.75) is 51.4 Å². The predicted octanol–water partition coefficient (Wildman–Crippen LogP) is 4.73. The minimum Gasteiger partial charge on any atom is -0.493 e. The summed E-state index contributed by atoms with van der Waals surface area (Å²) < 4.78 is 11.7. The Labute approximate surface area is 204 Å². The maximum absolute atomic E-state index is 13.4. The summed E-state index contributed by atoms with van der Waals surface area (Å²) in [5.74, 6) is 1.32. The molecule has 3 heterocycles. The first-order valence-corrected chi connectivity index (χ1v) is 12.1. The number of amides is 2. The summed E-state index contributed by atoms with van der Waals surface area (Å²) in [5, 5.41) is 0. The lowest BCUT2D eigenvalue weighted by molar-refractivity contribution is 0.0766. The number of hydrogen-bond acceptors (Lipinski definition) is 5. The lowest BCUT2D eigenvalue weighted by Gasteiger charge is -2.20. The number of carbonyl (C=O) groups excluding carboxylic acids is 2. The van der Waals surface area contributed by atoms with Crippen molar-refractivity contribution in [1.82, 2.24) is 9.88 Å². The number of benzene rings is 2. The minimum absolute atomic E-state index is 0.00359. The smallest absolute Gasteiger partial charge is 0.258 e. The van der Waals surface area contributed by atoms with E-state index in [1.165, 1.54) is 12.8 Å². The molecule has 1 fully saturated rings.